The monoisotopic (exact) mass is 835 g/mol. The number of hydrogen-bond acceptors (Lipinski definition) is 6. The fraction of sp³-hybridized carbons (Fsp3) is 0.685. The topological polar surface area (TPSA) is 78.9 Å². The molecule has 0 aliphatic carbocycles. The molecule has 0 aliphatic rings. The number of carbonyl (C=O) groups is 3. The molecule has 1 unspecified atom stereocenters. The van der Waals surface area contributed by atoms with Gasteiger partial charge in [-0.3, -0.25) is 14.4 Å². The maximum atomic E-state index is 12.8. The van der Waals surface area contributed by atoms with Gasteiger partial charge < -0.3 is 14.2 Å². The van der Waals surface area contributed by atoms with E-state index < -0.39 is 6.10 Å². The summed E-state index contributed by atoms with van der Waals surface area (Å²) in [7, 11) is 0. The highest BCUT2D eigenvalue weighted by Gasteiger charge is 2.19. The summed E-state index contributed by atoms with van der Waals surface area (Å²) in [5.41, 5.74) is 0. The van der Waals surface area contributed by atoms with Gasteiger partial charge in [0.2, 0.25) is 0 Å². The third-order valence-corrected chi connectivity index (χ3v) is 10.2. The van der Waals surface area contributed by atoms with Crippen LogP contribution in [0.3, 0.4) is 0 Å². The lowest BCUT2D eigenvalue weighted by atomic mass is 10.0. The summed E-state index contributed by atoms with van der Waals surface area (Å²) in [4.78, 5) is 37.8. The Morgan fingerprint density at radius 1 is 0.367 bits per heavy atom. The standard InChI is InChI=1S/C54H90O6/c1-4-7-10-13-16-19-21-23-25-26-27-29-30-32-35-38-41-44-47-53(56)59-50-51(49-58-52(55)46-43-40-37-34-18-15-12-9-6-3)60-54(57)48-45-42-39-36-33-31-28-24-22-20-17-14-11-8-5-2/h9-10,12-13,16,18-19,21,23,25-27,29,34,51H,4-8,11,14-15,17,20,22,24,28,30-33,35-50H2,1-3H3/b12-9-,13-10-,19-16-,23-21-,26-25-,29-27-,34-18-. The van der Waals surface area contributed by atoms with Crippen LogP contribution in [0.5, 0.6) is 0 Å². The molecule has 0 spiro atoms. The lowest BCUT2D eigenvalue weighted by Gasteiger charge is -2.18. The molecule has 0 fully saturated rings. The zero-order chi connectivity index (χ0) is 43.7. The van der Waals surface area contributed by atoms with Gasteiger partial charge in [-0.2, -0.15) is 0 Å². The van der Waals surface area contributed by atoms with Crippen LogP contribution in [0.1, 0.15) is 220 Å². The fourth-order valence-corrected chi connectivity index (χ4v) is 6.57. The van der Waals surface area contributed by atoms with Gasteiger partial charge in [0, 0.05) is 19.3 Å². The quantitative estimate of drug-likeness (QED) is 0.0200. The Kier molecular flexibility index (Phi) is 45.5. The molecule has 0 aromatic heterocycles. The van der Waals surface area contributed by atoms with Crippen molar-refractivity contribution in [2.45, 2.75) is 226 Å². The summed E-state index contributed by atoms with van der Waals surface area (Å²) in [5.74, 6) is -0.961. The molecule has 0 rings (SSSR count). The van der Waals surface area contributed by atoms with E-state index in [-0.39, 0.29) is 31.1 Å². The molecule has 0 saturated heterocycles. The van der Waals surface area contributed by atoms with E-state index in [4.69, 9.17) is 14.2 Å². The molecule has 342 valence electrons. The van der Waals surface area contributed by atoms with Crippen LogP contribution in [0.15, 0.2) is 85.1 Å². The highest BCUT2D eigenvalue weighted by molar-refractivity contribution is 5.71. The predicted octanol–water partition coefficient (Wildman–Crippen LogP) is 16.0. The maximum absolute atomic E-state index is 12.8. The van der Waals surface area contributed by atoms with Gasteiger partial charge in [0.05, 0.1) is 0 Å². The minimum Gasteiger partial charge on any atom is -0.462 e. The van der Waals surface area contributed by atoms with E-state index in [0.29, 0.717) is 19.3 Å². The van der Waals surface area contributed by atoms with Gasteiger partial charge in [-0.25, -0.2) is 0 Å². The maximum Gasteiger partial charge on any atom is 0.306 e. The SMILES string of the molecule is CC/C=C\C/C=C\CCCCC(=O)OCC(COC(=O)CCCCCCC\C=C/C=C\C=C/C=C\C=C/CCC)OC(=O)CCCCCCCCCCCCCCCCC. The van der Waals surface area contributed by atoms with E-state index in [1.54, 1.807) is 0 Å². The molecule has 0 saturated carbocycles. The van der Waals surface area contributed by atoms with Crippen molar-refractivity contribution in [1.82, 2.24) is 0 Å². The zero-order valence-electron chi connectivity index (χ0n) is 38.9. The van der Waals surface area contributed by atoms with Crippen LogP contribution in [-0.2, 0) is 28.6 Å². The van der Waals surface area contributed by atoms with Crippen molar-refractivity contribution in [3.63, 3.8) is 0 Å². The Labute approximate surface area is 369 Å². The largest absolute Gasteiger partial charge is 0.462 e. The van der Waals surface area contributed by atoms with Crippen molar-refractivity contribution in [3.8, 4) is 0 Å². The van der Waals surface area contributed by atoms with Crippen LogP contribution >= 0.6 is 0 Å². The van der Waals surface area contributed by atoms with Crippen molar-refractivity contribution in [1.29, 1.82) is 0 Å². The van der Waals surface area contributed by atoms with Crippen LogP contribution in [0.2, 0.25) is 0 Å². The molecule has 0 aliphatic heterocycles. The second kappa shape index (κ2) is 48.3. The van der Waals surface area contributed by atoms with Gasteiger partial charge in [-0.05, 0) is 64.2 Å². The second-order valence-corrected chi connectivity index (χ2v) is 16.1. The molecular weight excluding hydrogens is 745 g/mol. The van der Waals surface area contributed by atoms with Crippen molar-refractivity contribution < 1.29 is 28.6 Å². The molecule has 6 heteroatoms. The summed E-state index contributed by atoms with van der Waals surface area (Å²) in [6.45, 7) is 6.37. The smallest absolute Gasteiger partial charge is 0.306 e. The third kappa shape index (κ3) is 45.7. The highest BCUT2D eigenvalue weighted by Crippen LogP contribution is 2.15. The number of unbranched alkanes of at least 4 members (excludes halogenated alkanes) is 22. The number of allylic oxidation sites excluding steroid dienone is 14. The van der Waals surface area contributed by atoms with Crippen LogP contribution in [0.4, 0.5) is 0 Å². The molecule has 60 heavy (non-hydrogen) atoms. The molecular formula is C54H90O6. The number of hydrogen-bond donors (Lipinski definition) is 0. The van der Waals surface area contributed by atoms with E-state index in [1.165, 1.54) is 83.5 Å². The zero-order valence-corrected chi connectivity index (χ0v) is 38.9. The van der Waals surface area contributed by atoms with E-state index in [9.17, 15) is 14.4 Å². The van der Waals surface area contributed by atoms with Gasteiger partial charge in [0.15, 0.2) is 6.10 Å². The van der Waals surface area contributed by atoms with Crippen LogP contribution in [-0.4, -0.2) is 37.2 Å². The number of carbonyl (C=O) groups excluding carboxylic acids is 3. The van der Waals surface area contributed by atoms with Gasteiger partial charge in [0.1, 0.15) is 13.2 Å². The molecule has 0 N–H and O–H groups in total. The first-order chi connectivity index (χ1) is 29.5. The summed E-state index contributed by atoms with van der Waals surface area (Å²) in [6.07, 6.45) is 61.4. The summed E-state index contributed by atoms with van der Waals surface area (Å²) >= 11 is 0. The molecule has 1 atom stereocenters. The second-order valence-electron chi connectivity index (χ2n) is 16.1. The first-order valence-electron chi connectivity index (χ1n) is 24.7. The van der Waals surface area contributed by atoms with Gasteiger partial charge >= 0.3 is 17.9 Å². The molecule has 0 radical (unpaired) electrons. The first kappa shape index (κ1) is 56.6. The third-order valence-electron chi connectivity index (χ3n) is 10.2. The van der Waals surface area contributed by atoms with Crippen LogP contribution in [0, 0.1) is 0 Å². The highest BCUT2D eigenvalue weighted by atomic mass is 16.6. The van der Waals surface area contributed by atoms with E-state index >= 15 is 0 Å². The van der Waals surface area contributed by atoms with E-state index in [1.807, 2.05) is 24.3 Å². The molecule has 6 nitrogen and oxygen atoms in total. The summed E-state index contributed by atoms with van der Waals surface area (Å²) in [6, 6.07) is 0. The van der Waals surface area contributed by atoms with Crippen LogP contribution < -0.4 is 0 Å². The minimum absolute atomic E-state index is 0.0996. The average Bonchev–Trinajstić information content (AvgIpc) is 3.24. The molecule has 0 bridgehead atoms. The molecule has 0 aromatic carbocycles. The Bertz CT molecular complexity index is 1190. The first-order valence-corrected chi connectivity index (χ1v) is 24.7. The van der Waals surface area contributed by atoms with Crippen LogP contribution in [0.25, 0.3) is 0 Å². The number of rotatable bonds is 43. The lowest BCUT2D eigenvalue weighted by Crippen LogP contribution is -2.30. The van der Waals surface area contributed by atoms with E-state index in [0.717, 1.165) is 96.3 Å². The lowest BCUT2D eigenvalue weighted by molar-refractivity contribution is -0.167. The molecule has 0 amide bonds. The Hall–Kier alpha value is -3.41. The van der Waals surface area contributed by atoms with Crippen molar-refractivity contribution in [2.24, 2.45) is 0 Å². The van der Waals surface area contributed by atoms with Gasteiger partial charge in [-0.15, -0.1) is 0 Å². The number of esters is 3. The van der Waals surface area contributed by atoms with Crippen molar-refractivity contribution in [2.75, 3.05) is 13.2 Å². The predicted molar refractivity (Wildman–Crippen MR) is 256 cm³/mol. The van der Waals surface area contributed by atoms with Crippen molar-refractivity contribution >= 4 is 17.9 Å². The number of ether oxygens (including phenoxy) is 3. The molecule has 0 aromatic rings. The Morgan fingerprint density at radius 2 is 0.750 bits per heavy atom. The minimum atomic E-state index is -0.797. The van der Waals surface area contributed by atoms with Gasteiger partial charge in [-0.1, -0.05) is 221 Å². The average molecular weight is 835 g/mol. The van der Waals surface area contributed by atoms with Crippen molar-refractivity contribution in [3.05, 3.63) is 85.1 Å². The fourth-order valence-electron chi connectivity index (χ4n) is 6.57. The normalized spacial score (nSPS) is 12.8. The van der Waals surface area contributed by atoms with Gasteiger partial charge in [0.25, 0.3) is 0 Å². The Morgan fingerprint density at radius 3 is 1.25 bits per heavy atom. The molecule has 0 heterocycles. The van der Waals surface area contributed by atoms with E-state index in [2.05, 4.69) is 81.5 Å². The Balaban J connectivity index is 4.41. The summed E-state index contributed by atoms with van der Waals surface area (Å²) in [5, 5.41) is 0. The summed E-state index contributed by atoms with van der Waals surface area (Å²) < 4.78 is 16.7.